The topological polar surface area (TPSA) is 92.5 Å². The summed E-state index contributed by atoms with van der Waals surface area (Å²) in [7, 11) is -0.682. The monoisotopic (exact) mass is 309 g/mol. The number of sulfonamides is 1. The smallest absolute Gasteiger partial charge is 0.242 e. The number of terminal acetylenes is 1. The molecule has 1 amide bonds. The molecule has 3 N–H and O–H groups in total. The predicted octanol–water partition coefficient (Wildman–Crippen LogP) is 0.534. The SMILES string of the molecule is C#CCC(N)C(=O)Nc1cc(S(=O)(=O)N(C)C)ccc1C. The molecule has 0 fully saturated rings. The second-order valence-corrected chi connectivity index (χ2v) is 6.92. The summed E-state index contributed by atoms with van der Waals surface area (Å²) in [6.07, 6.45) is 5.22. The van der Waals surface area contributed by atoms with Gasteiger partial charge in [-0.2, -0.15) is 0 Å². The van der Waals surface area contributed by atoms with E-state index < -0.39 is 22.0 Å². The number of hydrogen-bond acceptors (Lipinski definition) is 4. The highest BCUT2D eigenvalue weighted by atomic mass is 32.2. The maximum absolute atomic E-state index is 12.1. The Morgan fingerprint density at radius 1 is 1.48 bits per heavy atom. The number of hydrogen-bond donors (Lipinski definition) is 2. The molecule has 0 spiro atoms. The fourth-order valence-electron chi connectivity index (χ4n) is 1.55. The zero-order chi connectivity index (χ0) is 16.2. The lowest BCUT2D eigenvalue weighted by molar-refractivity contribution is -0.117. The van der Waals surface area contributed by atoms with Crippen LogP contribution in [0.5, 0.6) is 0 Å². The van der Waals surface area contributed by atoms with E-state index in [4.69, 9.17) is 12.2 Å². The van der Waals surface area contributed by atoms with Crippen LogP contribution in [0.2, 0.25) is 0 Å². The second-order valence-electron chi connectivity index (χ2n) is 4.77. The van der Waals surface area contributed by atoms with Crippen LogP contribution >= 0.6 is 0 Å². The summed E-state index contributed by atoms with van der Waals surface area (Å²) in [6.45, 7) is 1.76. The summed E-state index contributed by atoms with van der Waals surface area (Å²) in [5.74, 6) is 1.86. The molecule has 0 heterocycles. The molecule has 7 heteroatoms. The van der Waals surface area contributed by atoms with Gasteiger partial charge in [-0.25, -0.2) is 12.7 Å². The van der Waals surface area contributed by atoms with E-state index in [9.17, 15) is 13.2 Å². The van der Waals surface area contributed by atoms with E-state index in [2.05, 4.69) is 11.2 Å². The number of nitrogens with two attached hydrogens (primary N) is 1. The minimum Gasteiger partial charge on any atom is -0.324 e. The number of amides is 1. The van der Waals surface area contributed by atoms with Crippen LogP contribution in [-0.4, -0.2) is 38.8 Å². The van der Waals surface area contributed by atoms with E-state index in [1.807, 2.05) is 0 Å². The molecular weight excluding hydrogens is 290 g/mol. The number of anilines is 1. The first kappa shape index (κ1) is 17.2. The Bertz CT molecular complexity index is 675. The lowest BCUT2D eigenvalue weighted by atomic mass is 10.1. The van der Waals surface area contributed by atoms with Gasteiger partial charge in [-0.3, -0.25) is 4.79 Å². The third-order valence-corrected chi connectivity index (χ3v) is 4.73. The molecule has 21 heavy (non-hydrogen) atoms. The standard InChI is InChI=1S/C14H19N3O3S/c1-5-6-12(15)14(18)16-13-9-11(8-7-10(13)2)21(19,20)17(3)4/h1,7-9,12H,6,15H2,2-4H3,(H,16,18). The van der Waals surface area contributed by atoms with Crippen LogP contribution in [0.15, 0.2) is 23.1 Å². The lowest BCUT2D eigenvalue weighted by Crippen LogP contribution is -2.35. The Hall–Kier alpha value is -1.88. The van der Waals surface area contributed by atoms with E-state index in [1.54, 1.807) is 13.0 Å². The molecule has 1 rings (SSSR count). The van der Waals surface area contributed by atoms with Gasteiger partial charge in [-0.1, -0.05) is 6.07 Å². The average Bonchev–Trinajstić information content (AvgIpc) is 2.40. The van der Waals surface area contributed by atoms with Crippen molar-refractivity contribution in [3.8, 4) is 12.3 Å². The minimum atomic E-state index is -3.56. The van der Waals surface area contributed by atoms with Crippen LogP contribution in [0.3, 0.4) is 0 Å². The summed E-state index contributed by atoms with van der Waals surface area (Å²) in [4.78, 5) is 12.0. The van der Waals surface area contributed by atoms with Gasteiger partial charge < -0.3 is 11.1 Å². The fraction of sp³-hybridized carbons (Fsp3) is 0.357. The first-order valence-corrected chi connectivity index (χ1v) is 7.67. The Morgan fingerprint density at radius 3 is 2.62 bits per heavy atom. The highest BCUT2D eigenvalue weighted by molar-refractivity contribution is 7.89. The molecular formula is C14H19N3O3S. The van der Waals surface area contributed by atoms with E-state index >= 15 is 0 Å². The number of aryl methyl sites for hydroxylation is 1. The molecule has 0 aliphatic rings. The van der Waals surface area contributed by atoms with E-state index in [1.165, 1.54) is 26.2 Å². The number of nitrogens with one attached hydrogen (secondary N) is 1. The van der Waals surface area contributed by atoms with Crippen LogP contribution < -0.4 is 11.1 Å². The number of carbonyl (C=O) groups is 1. The van der Waals surface area contributed by atoms with E-state index in [-0.39, 0.29) is 11.3 Å². The van der Waals surface area contributed by atoms with E-state index in [0.717, 1.165) is 9.87 Å². The maximum Gasteiger partial charge on any atom is 0.242 e. The Morgan fingerprint density at radius 2 is 2.10 bits per heavy atom. The third kappa shape index (κ3) is 4.04. The third-order valence-electron chi connectivity index (χ3n) is 2.92. The van der Waals surface area contributed by atoms with Gasteiger partial charge in [0.25, 0.3) is 0 Å². The fourth-order valence-corrected chi connectivity index (χ4v) is 2.48. The highest BCUT2D eigenvalue weighted by Crippen LogP contribution is 2.22. The van der Waals surface area contributed by atoms with Gasteiger partial charge in [-0.15, -0.1) is 12.3 Å². The molecule has 1 aromatic carbocycles. The zero-order valence-electron chi connectivity index (χ0n) is 12.3. The Balaban J connectivity index is 3.10. The number of nitrogens with zero attached hydrogens (tertiary/aromatic N) is 1. The van der Waals surface area contributed by atoms with Gasteiger partial charge in [0.05, 0.1) is 10.9 Å². The van der Waals surface area contributed by atoms with Gasteiger partial charge in [0, 0.05) is 26.2 Å². The summed E-state index contributed by atoms with van der Waals surface area (Å²) < 4.78 is 25.3. The Kier molecular flexibility index (Phi) is 5.49. The van der Waals surface area contributed by atoms with Crippen molar-refractivity contribution in [1.82, 2.24) is 4.31 Å². The second kappa shape index (κ2) is 6.72. The molecule has 0 saturated heterocycles. The maximum atomic E-state index is 12.1. The Labute approximate surface area is 125 Å². The number of benzene rings is 1. The van der Waals surface area contributed by atoms with Crippen LogP contribution in [0.25, 0.3) is 0 Å². The van der Waals surface area contributed by atoms with Crippen LogP contribution in [-0.2, 0) is 14.8 Å². The molecule has 6 nitrogen and oxygen atoms in total. The molecule has 0 aromatic heterocycles. The van der Waals surface area contributed by atoms with Crippen LogP contribution in [0.1, 0.15) is 12.0 Å². The van der Waals surface area contributed by atoms with Gasteiger partial charge in [0.2, 0.25) is 15.9 Å². The molecule has 1 unspecified atom stereocenters. The summed E-state index contributed by atoms with van der Waals surface area (Å²) in [6, 6.07) is 3.69. The summed E-state index contributed by atoms with van der Waals surface area (Å²) in [5, 5.41) is 2.60. The minimum absolute atomic E-state index is 0.0962. The first-order chi connectivity index (χ1) is 9.70. The van der Waals surface area contributed by atoms with E-state index in [0.29, 0.717) is 5.69 Å². The van der Waals surface area contributed by atoms with Crippen molar-refractivity contribution in [2.24, 2.45) is 5.73 Å². The van der Waals surface area contributed by atoms with Gasteiger partial charge >= 0.3 is 0 Å². The van der Waals surface area contributed by atoms with Gasteiger partial charge in [-0.05, 0) is 24.6 Å². The lowest BCUT2D eigenvalue weighted by Gasteiger charge is -2.15. The summed E-state index contributed by atoms with van der Waals surface area (Å²) >= 11 is 0. The van der Waals surface area contributed by atoms with Crippen molar-refractivity contribution < 1.29 is 13.2 Å². The van der Waals surface area contributed by atoms with Crippen molar-refractivity contribution in [1.29, 1.82) is 0 Å². The molecule has 114 valence electrons. The van der Waals surface area contributed by atoms with Crippen molar-refractivity contribution >= 4 is 21.6 Å². The molecule has 0 aliphatic heterocycles. The van der Waals surface area contributed by atoms with Crippen molar-refractivity contribution in [3.05, 3.63) is 23.8 Å². The predicted molar refractivity (Wildman–Crippen MR) is 82.1 cm³/mol. The van der Waals surface area contributed by atoms with Gasteiger partial charge in [0.15, 0.2) is 0 Å². The molecule has 1 aromatic rings. The molecule has 1 atom stereocenters. The molecule has 0 radical (unpaired) electrons. The molecule has 0 aliphatic carbocycles. The molecule has 0 bridgehead atoms. The average molecular weight is 309 g/mol. The van der Waals surface area contributed by atoms with Crippen molar-refractivity contribution in [2.75, 3.05) is 19.4 Å². The number of carbonyl (C=O) groups excluding carboxylic acids is 1. The molecule has 0 saturated carbocycles. The summed E-state index contributed by atoms with van der Waals surface area (Å²) in [5.41, 5.74) is 6.75. The highest BCUT2D eigenvalue weighted by Gasteiger charge is 2.19. The van der Waals surface area contributed by atoms with Crippen LogP contribution in [0, 0.1) is 19.3 Å². The van der Waals surface area contributed by atoms with Crippen molar-refractivity contribution in [2.45, 2.75) is 24.3 Å². The largest absolute Gasteiger partial charge is 0.324 e. The number of rotatable bonds is 5. The normalized spacial score (nSPS) is 12.8. The first-order valence-electron chi connectivity index (χ1n) is 6.23. The van der Waals surface area contributed by atoms with Gasteiger partial charge in [0.1, 0.15) is 0 Å². The van der Waals surface area contributed by atoms with Crippen molar-refractivity contribution in [3.63, 3.8) is 0 Å². The zero-order valence-corrected chi connectivity index (χ0v) is 13.1. The quantitative estimate of drug-likeness (QED) is 0.776. The van der Waals surface area contributed by atoms with Crippen LogP contribution in [0.4, 0.5) is 5.69 Å².